The van der Waals surface area contributed by atoms with Gasteiger partial charge in [-0.15, -0.1) is 0 Å². The van der Waals surface area contributed by atoms with E-state index in [1.807, 2.05) is 37.9 Å². The van der Waals surface area contributed by atoms with Gasteiger partial charge in [-0.2, -0.15) is 0 Å². The summed E-state index contributed by atoms with van der Waals surface area (Å²) >= 11 is 6.42. The second-order valence-electron chi connectivity index (χ2n) is 11.7. The molecule has 3 aromatic heterocycles. The van der Waals surface area contributed by atoms with Crippen LogP contribution in [0.25, 0.3) is 22.2 Å². The van der Waals surface area contributed by atoms with Crippen LogP contribution in [-0.2, 0) is 22.4 Å². The number of H-pyrrole nitrogens is 1. The number of aryl methyl sites for hydroxylation is 1. The van der Waals surface area contributed by atoms with Crippen LogP contribution in [0.5, 0.6) is 0 Å². The van der Waals surface area contributed by atoms with E-state index in [1.165, 1.54) is 0 Å². The van der Waals surface area contributed by atoms with Gasteiger partial charge in [0.25, 0.3) is 5.91 Å². The third kappa shape index (κ3) is 5.56. The molecule has 2 amide bonds. The van der Waals surface area contributed by atoms with Crippen LogP contribution in [0.4, 0.5) is 4.79 Å². The lowest BCUT2D eigenvalue weighted by molar-refractivity contribution is -0.0334. The SMILES string of the molecule is Cc1ncc(C(=O)N2CCc3cc(-c4cnc5[nH]cc(Cl)c5c4)cc([C@@H]4COCCN4C(=O)OC(C)(C)C)c3C2)cn1. The van der Waals surface area contributed by atoms with Crippen LogP contribution in [-0.4, -0.2) is 73.6 Å². The number of rotatable bonds is 3. The number of hydrogen-bond acceptors (Lipinski definition) is 7. The predicted octanol–water partition coefficient (Wildman–Crippen LogP) is 5.49. The Balaban J connectivity index is 1.43. The topological polar surface area (TPSA) is 114 Å². The highest BCUT2D eigenvalue weighted by Gasteiger charge is 2.36. The highest BCUT2D eigenvalue weighted by molar-refractivity contribution is 6.35. The largest absolute Gasteiger partial charge is 0.444 e. The lowest BCUT2D eigenvalue weighted by Gasteiger charge is -2.39. The summed E-state index contributed by atoms with van der Waals surface area (Å²) in [6.07, 6.45) is 6.94. The van der Waals surface area contributed by atoms with E-state index in [9.17, 15) is 9.59 Å². The molecule has 6 rings (SSSR count). The molecule has 2 aliphatic rings. The molecule has 11 heteroatoms. The Morgan fingerprint density at radius 3 is 2.62 bits per heavy atom. The van der Waals surface area contributed by atoms with E-state index in [2.05, 4.69) is 32.1 Å². The van der Waals surface area contributed by atoms with Crippen LogP contribution in [0.15, 0.2) is 43.0 Å². The lowest BCUT2D eigenvalue weighted by Crippen LogP contribution is -2.46. The van der Waals surface area contributed by atoms with E-state index in [-0.39, 0.29) is 5.91 Å². The third-order valence-corrected chi connectivity index (χ3v) is 7.93. The van der Waals surface area contributed by atoms with E-state index in [0.29, 0.717) is 61.3 Å². The van der Waals surface area contributed by atoms with Crippen LogP contribution in [0, 0.1) is 6.92 Å². The number of benzene rings is 1. The minimum absolute atomic E-state index is 0.128. The number of hydrogen-bond donors (Lipinski definition) is 1. The molecule has 1 saturated heterocycles. The highest BCUT2D eigenvalue weighted by atomic mass is 35.5. The fraction of sp³-hybridized carbons (Fsp3) is 0.387. The predicted molar refractivity (Wildman–Crippen MR) is 158 cm³/mol. The molecular weight excluding hydrogens is 556 g/mol. The molecule has 0 spiro atoms. The smallest absolute Gasteiger partial charge is 0.410 e. The summed E-state index contributed by atoms with van der Waals surface area (Å²) in [5.41, 5.74) is 5.42. The number of morpholine rings is 1. The molecule has 0 unspecified atom stereocenters. The molecule has 42 heavy (non-hydrogen) atoms. The van der Waals surface area contributed by atoms with Crippen molar-refractivity contribution in [2.24, 2.45) is 0 Å². The molecule has 10 nitrogen and oxygen atoms in total. The number of fused-ring (bicyclic) bond motifs is 2. The first-order chi connectivity index (χ1) is 20.1. The van der Waals surface area contributed by atoms with Crippen molar-refractivity contribution in [1.82, 2.24) is 29.7 Å². The van der Waals surface area contributed by atoms with Crippen molar-refractivity contribution in [1.29, 1.82) is 0 Å². The van der Waals surface area contributed by atoms with E-state index < -0.39 is 17.7 Å². The van der Waals surface area contributed by atoms with Gasteiger partial charge in [-0.3, -0.25) is 9.69 Å². The third-order valence-electron chi connectivity index (χ3n) is 7.62. The van der Waals surface area contributed by atoms with Crippen molar-refractivity contribution in [2.75, 3.05) is 26.3 Å². The number of pyridine rings is 1. The average molecular weight is 589 g/mol. The fourth-order valence-electron chi connectivity index (χ4n) is 5.55. The molecule has 0 aliphatic carbocycles. The first kappa shape index (κ1) is 28.1. The standard InChI is InChI=1S/C31H33ClN6O4/c1-18-33-13-22(14-34-18)29(39)37-6-5-19-9-20(21-11-24-26(32)15-36-28(24)35-12-21)10-23(25(19)16-37)27-17-41-8-7-38(27)30(40)42-31(2,3)4/h9-15,27H,5-8,16-17H2,1-4H3,(H,35,36)/t27-/m0/s1. The van der Waals surface area contributed by atoms with Crippen molar-refractivity contribution >= 4 is 34.6 Å². The normalized spacial score (nSPS) is 17.3. The quantitative estimate of drug-likeness (QED) is 0.337. The number of halogens is 1. The van der Waals surface area contributed by atoms with Gasteiger partial charge in [0, 0.05) is 55.4 Å². The number of carbonyl (C=O) groups excluding carboxylic acids is 2. The minimum atomic E-state index is -0.641. The monoisotopic (exact) mass is 588 g/mol. The molecule has 1 fully saturated rings. The Morgan fingerprint density at radius 2 is 1.86 bits per heavy atom. The van der Waals surface area contributed by atoms with E-state index in [1.54, 1.807) is 30.4 Å². The molecular formula is C31H33ClN6O4. The van der Waals surface area contributed by atoms with Crippen LogP contribution in [0.1, 0.15) is 59.7 Å². The van der Waals surface area contributed by atoms with E-state index in [0.717, 1.165) is 33.2 Å². The van der Waals surface area contributed by atoms with Gasteiger partial charge in [0.1, 0.15) is 17.1 Å². The molecule has 1 atom stereocenters. The van der Waals surface area contributed by atoms with Gasteiger partial charge >= 0.3 is 6.09 Å². The fourth-order valence-corrected chi connectivity index (χ4v) is 5.75. The summed E-state index contributed by atoms with van der Waals surface area (Å²) < 4.78 is 11.7. The van der Waals surface area contributed by atoms with Gasteiger partial charge in [-0.05, 0) is 68.5 Å². The summed E-state index contributed by atoms with van der Waals surface area (Å²) in [7, 11) is 0. The van der Waals surface area contributed by atoms with Crippen molar-refractivity contribution < 1.29 is 19.1 Å². The van der Waals surface area contributed by atoms with Gasteiger partial charge in [0.05, 0.1) is 29.8 Å². The van der Waals surface area contributed by atoms with Crippen molar-refractivity contribution in [3.63, 3.8) is 0 Å². The Labute approximate surface area is 249 Å². The molecule has 2 aliphatic heterocycles. The average Bonchev–Trinajstić information content (AvgIpc) is 3.35. The van der Waals surface area contributed by atoms with Crippen LogP contribution >= 0.6 is 11.6 Å². The second-order valence-corrected chi connectivity index (χ2v) is 12.1. The van der Waals surface area contributed by atoms with Crippen molar-refractivity contribution in [3.05, 3.63) is 76.1 Å². The van der Waals surface area contributed by atoms with Gasteiger partial charge in [0.2, 0.25) is 0 Å². The van der Waals surface area contributed by atoms with Crippen LogP contribution in [0.2, 0.25) is 5.02 Å². The summed E-state index contributed by atoms with van der Waals surface area (Å²) in [5.74, 6) is 0.481. The summed E-state index contributed by atoms with van der Waals surface area (Å²) in [4.78, 5) is 46.5. The number of nitrogens with one attached hydrogen (secondary N) is 1. The molecule has 0 saturated carbocycles. The number of aromatic amines is 1. The number of nitrogens with zero attached hydrogens (tertiary/aromatic N) is 5. The maximum Gasteiger partial charge on any atom is 0.410 e. The number of aromatic nitrogens is 4. The van der Waals surface area contributed by atoms with Crippen LogP contribution < -0.4 is 0 Å². The number of amides is 2. The first-order valence-electron chi connectivity index (χ1n) is 14.0. The first-order valence-corrected chi connectivity index (χ1v) is 14.4. The van der Waals surface area contributed by atoms with Crippen molar-refractivity contribution in [3.8, 4) is 11.1 Å². The molecule has 5 heterocycles. The number of carbonyl (C=O) groups is 2. The zero-order valence-corrected chi connectivity index (χ0v) is 24.9. The van der Waals surface area contributed by atoms with Crippen molar-refractivity contribution in [2.45, 2.75) is 52.3 Å². The maximum absolute atomic E-state index is 13.5. The van der Waals surface area contributed by atoms with Gasteiger partial charge < -0.3 is 19.4 Å². The minimum Gasteiger partial charge on any atom is -0.444 e. The Kier molecular flexibility index (Phi) is 7.36. The van der Waals surface area contributed by atoms with E-state index >= 15 is 0 Å². The molecule has 0 bridgehead atoms. The molecule has 4 aromatic rings. The lowest BCUT2D eigenvalue weighted by atomic mass is 9.86. The number of ether oxygens (including phenoxy) is 2. The second kappa shape index (κ2) is 11.0. The molecule has 1 aromatic carbocycles. The zero-order chi connectivity index (χ0) is 29.6. The highest BCUT2D eigenvalue weighted by Crippen LogP contribution is 2.38. The van der Waals surface area contributed by atoms with Gasteiger partial charge in [0.15, 0.2) is 0 Å². The molecule has 0 radical (unpaired) electrons. The Bertz CT molecular complexity index is 1660. The Morgan fingerprint density at radius 1 is 1.07 bits per heavy atom. The zero-order valence-electron chi connectivity index (χ0n) is 24.1. The molecule has 218 valence electrons. The molecule has 1 N–H and O–H groups in total. The van der Waals surface area contributed by atoms with E-state index in [4.69, 9.17) is 21.1 Å². The summed E-state index contributed by atoms with van der Waals surface area (Å²) in [6.45, 7) is 9.42. The van der Waals surface area contributed by atoms with Gasteiger partial charge in [-0.25, -0.2) is 19.7 Å². The maximum atomic E-state index is 13.5. The summed E-state index contributed by atoms with van der Waals surface area (Å²) in [5, 5.41) is 1.44. The van der Waals surface area contributed by atoms with Gasteiger partial charge in [-0.1, -0.05) is 17.7 Å². The Hall–Kier alpha value is -4.02. The van der Waals surface area contributed by atoms with Crippen LogP contribution in [0.3, 0.4) is 0 Å². The summed E-state index contributed by atoms with van der Waals surface area (Å²) in [6, 6.07) is 5.86.